The van der Waals surface area contributed by atoms with E-state index in [4.69, 9.17) is 24.9 Å². The molecule has 6 nitrogen and oxygen atoms in total. The smallest absolute Gasteiger partial charge is 0.317 e. The number of methoxy groups -OCH3 is 1. The van der Waals surface area contributed by atoms with Gasteiger partial charge in [-0.1, -0.05) is 0 Å². The standard InChI is InChI=1S/C12H13ClO6S/c1-17-4-5-18-12(14)10-7-19-11-3-2-8(6-9(10)11)20(13,15)16/h2-3,6,10H,4-5,7H2,1H3. The molecule has 0 fully saturated rings. The van der Waals surface area contributed by atoms with Gasteiger partial charge in [-0.2, -0.15) is 0 Å². The van der Waals surface area contributed by atoms with Crippen LogP contribution in [0.1, 0.15) is 11.5 Å². The van der Waals surface area contributed by atoms with Crippen LogP contribution in [0.25, 0.3) is 0 Å². The fraction of sp³-hybridized carbons (Fsp3) is 0.417. The third kappa shape index (κ3) is 3.23. The summed E-state index contributed by atoms with van der Waals surface area (Å²) in [5.74, 6) is -0.673. The molecule has 20 heavy (non-hydrogen) atoms. The van der Waals surface area contributed by atoms with Gasteiger partial charge in [-0.3, -0.25) is 4.79 Å². The van der Waals surface area contributed by atoms with Crippen molar-refractivity contribution in [3.63, 3.8) is 0 Å². The average molecular weight is 321 g/mol. The molecule has 0 N–H and O–H groups in total. The van der Waals surface area contributed by atoms with Crippen molar-refractivity contribution in [1.29, 1.82) is 0 Å². The fourth-order valence-electron chi connectivity index (χ4n) is 1.87. The van der Waals surface area contributed by atoms with Gasteiger partial charge in [0, 0.05) is 23.4 Å². The monoisotopic (exact) mass is 320 g/mol. The molecule has 1 aliphatic heterocycles. The van der Waals surface area contributed by atoms with Gasteiger partial charge in [-0.15, -0.1) is 0 Å². The third-order valence-electron chi connectivity index (χ3n) is 2.86. The number of hydrogen-bond acceptors (Lipinski definition) is 6. The van der Waals surface area contributed by atoms with Gasteiger partial charge in [0.1, 0.15) is 24.9 Å². The number of ether oxygens (including phenoxy) is 3. The normalized spacial score (nSPS) is 17.4. The van der Waals surface area contributed by atoms with E-state index in [-0.39, 0.29) is 18.1 Å². The summed E-state index contributed by atoms with van der Waals surface area (Å²) < 4.78 is 37.8. The highest BCUT2D eigenvalue weighted by molar-refractivity contribution is 8.13. The summed E-state index contributed by atoms with van der Waals surface area (Å²) in [6, 6.07) is 4.15. The Morgan fingerprint density at radius 2 is 2.20 bits per heavy atom. The van der Waals surface area contributed by atoms with E-state index >= 15 is 0 Å². The van der Waals surface area contributed by atoms with Gasteiger partial charge >= 0.3 is 5.97 Å². The van der Waals surface area contributed by atoms with E-state index in [0.29, 0.717) is 17.9 Å². The molecular formula is C12H13ClO6S. The topological polar surface area (TPSA) is 78.9 Å². The Kier molecular flexibility index (Phi) is 4.52. The van der Waals surface area contributed by atoms with Gasteiger partial charge in [0.15, 0.2) is 0 Å². The molecule has 110 valence electrons. The predicted octanol–water partition coefficient (Wildman–Crippen LogP) is 1.28. The van der Waals surface area contributed by atoms with Crippen LogP contribution in [0.15, 0.2) is 23.1 Å². The van der Waals surface area contributed by atoms with Gasteiger partial charge < -0.3 is 14.2 Å². The number of benzene rings is 1. The number of esters is 1. The molecule has 0 saturated heterocycles. The largest absolute Gasteiger partial charge is 0.492 e. The minimum atomic E-state index is -3.85. The summed E-state index contributed by atoms with van der Waals surface area (Å²) in [4.78, 5) is 11.8. The summed E-state index contributed by atoms with van der Waals surface area (Å²) >= 11 is 0. The molecule has 0 aliphatic carbocycles. The van der Waals surface area contributed by atoms with Crippen molar-refractivity contribution in [2.45, 2.75) is 10.8 Å². The van der Waals surface area contributed by atoms with Crippen molar-refractivity contribution >= 4 is 25.7 Å². The molecule has 0 bridgehead atoms. The van der Waals surface area contributed by atoms with E-state index in [0.717, 1.165) is 0 Å². The summed E-state index contributed by atoms with van der Waals surface area (Å²) in [5.41, 5.74) is 0.467. The van der Waals surface area contributed by atoms with Crippen LogP contribution in [-0.2, 0) is 23.3 Å². The van der Waals surface area contributed by atoms with Crippen LogP contribution >= 0.6 is 10.7 Å². The summed E-state index contributed by atoms with van der Waals surface area (Å²) in [6.07, 6.45) is 0. The zero-order valence-corrected chi connectivity index (χ0v) is 12.2. The third-order valence-corrected chi connectivity index (χ3v) is 4.21. The molecule has 1 heterocycles. The van der Waals surface area contributed by atoms with Gasteiger partial charge in [0.05, 0.1) is 11.5 Å². The number of carbonyl (C=O) groups excluding carboxylic acids is 1. The average Bonchev–Trinajstić information content (AvgIpc) is 2.80. The Hall–Kier alpha value is -1.31. The zero-order chi connectivity index (χ0) is 14.8. The second kappa shape index (κ2) is 5.99. The summed E-state index contributed by atoms with van der Waals surface area (Å²) in [5, 5.41) is 0. The SMILES string of the molecule is COCCOC(=O)C1COc2ccc(S(=O)(=O)Cl)cc21. The van der Waals surface area contributed by atoms with Gasteiger partial charge in [-0.25, -0.2) is 8.42 Å². The highest BCUT2D eigenvalue weighted by Gasteiger charge is 2.32. The Balaban J connectivity index is 2.20. The highest BCUT2D eigenvalue weighted by atomic mass is 35.7. The van der Waals surface area contributed by atoms with Crippen molar-refractivity contribution < 1.29 is 27.4 Å². The second-order valence-corrected chi connectivity index (χ2v) is 6.73. The molecule has 1 aromatic carbocycles. The van der Waals surface area contributed by atoms with Crippen LogP contribution in [0.2, 0.25) is 0 Å². The second-order valence-electron chi connectivity index (χ2n) is 4.16. The number of fused-ring (bicyclic) bond motifs is 1. The predicted molar refractivity (Wildman–Crippen MR) is 70.6 cm³/mol. The quantitative estimate of drug-likeness (QED) is 0.462. The van der Waals surface area contributed by atoms with E-state index in [2.05, 4.69) is 0 Å². The maximum absolute atomic E-state index is 11.9. The van der Waals surface area contributed by atoms with E-state index in [9.17, 15) is 13.2 Å². The van der Waals surface area contributed by atoms with E-state index in [1.807, 2.05) is 0 Å². The first-order chi connectivity index (χ1) is 9.43. The zero-order valence-electron chi connectivity index (χ0n) is 10.7. The molecular weight excluding hydrogens is 308 g/mol. The number of carbonyl (C=O) groups is 1. The molecule has 8 heteroatoms. The lowest BCUT2D eigenvalue weighted by Gasteiger charge is -2.09. The van der Waals surface area contributed by atoms with E-state index in [1.165, 1.54) is 25.3 Å². The van der Waals surface area contributed by atoms with Crippen LogP contribution in [0.3, 0.4) is 0 Å². The van der Waals surface area contributed by atoms with Gasteiger partial charge in [0.25, 0.3) is 9.05 Å². The fourth-order valence-corrected chi connectivity index (χ4v) is 2.65. The number of rotatable bonds is 5. The Labute approximate surface area is 121 Å². The first-order valence-corrected chi connectivity index (χ1v) is 8.11. The number of hydrogen-bond donors (Lipinski definition) is 0. The van der Waals surface area contributed by atoms with Crippen molar-refractivity contribution in [3.8, 4) is 5.75 Å². The first kappa shape index (κ1) is 15.1. The molecule has 1 atom stereocenters. The van der Waals surface area contributed by atoms with Gasteiger partial charge in [-0.05, 0) is 18.2 Å². The molecule has 0 spiro atoms. The first-order valence-electron chi connectivity index (χ1n) is 5.80. The summed E-state index contributed by atoms with van der Waals surface area (Å²) in [7, 11) is 2.94. The summed E-state index contributed by atoms with van der Waals surface area (Å²) in [6.45, 7) is 0.546. The van der Waals surface area contributed by atoms with Crippen LogP contribution in [-0.4, -0.2) is 41.3 Å². The number of halogens is 1. The molecule has 1 aromatic rings. The lowest BCUT2D eigenvalue weighted by Crippen LogP contribution is -2.19. The van der Waals surface area contributed by atoms with Crippen molar-refractivity contribution in [2.75, 3.05) is 26.9 Å². The molecule has 2 rings (SSSR count). The van der Waals surface area contributed by atoms with Crippen molar-refractivity contribution in [1.82, 2.24) is 0 Å². The molecule has 1 unspecified atom stereocenters. The van der Waals surface area contributed by atoms with Crippen molar-refractivity contribution in [3.05, 3.63) is 23.8 Å². The Bertz CT molecular complexity index is 612. The molecule has 1 aliphatic rings. The van der Waals surface area contributed by atoms with Crippen molar-refractivity contribution in [2.24, 2.45) is 0 Å². The molecule has 0 amide bonds. The van der Waals surface area contributed by atoms with Crippen LogP contribution < -0.4 is 4.74 Å². The molecule has 0 aromatic heterocycles. The highest BCUT2D eigenvalue weighted by Crippen LogP contribution is 2.36. The van der Waals surface area contributed by atoms with Crippen LogP contribution in [0.5, 0.6) is 5.75 Å². The van der Waals surface area contributed by atoms with Crippen LogP contribution in [0, 0.1) is 0 Å². The Morgan fingerprint density at radius 3 is 2.85 bits per heavy atom. The lowest BCUT2D eigenvalue weighted by molar-refractivity contribution is -0.146. The lowest BCUT2D eigenvalue weighted by atomic mass is 10.0. The van der Waals surface area contributed by atoms with E-state index < -0.39 is 20.9 Å². The molecule has 0 radical (unpaired) electrons. The van der Waals surface area contributed by atoms with E-state index in [1.54, 1.807) is 0 Å². The molecule has 0 saturated carbocycles. The minimum Gasteiger partial charge on any atom is -0.492 e. The Morgan fingerprint density at radius 1 is 1.45 bits per heavy atom. The van der Waals surface area contributed by atoms with Crippen LogP contribution in [0.4, 0.5) is 0 Å². The van der Waals surface area contributed by atoms with Gasteiger partial charge in [0.2, 0.25) is 0 Å². The minimum absolute atomic E-state index is 0.0712. The maximum Gasteiger partial charge on any atom is 0.317 e. The maximum atomic E-state index is 11.9.